The molecule has 1 rings (SSSR count). The van der Waals surface area contributed by atoms with Crippen LogP contribution in [-0.4, -0.2) is 16.9 Å². The Bertz CT molecular complexity index is 380. The molecule has 0 aliphatic heterocycles. The first-order chi connectivity index (χ1) is 7.30. The van der Waals surface area contributed by atoms with Gasteiger partial charge in [-0.1, -0.05) is 0 Å². The van der Waals surface area contributed by atoms with E-state index in [1.807, 2.05) is 0 Å². The summed E-state index contributed by atoms with van der Waals surface area (Å²) in [6.07, 6.45) is -4.44. The SMILES string of the molecule is C[C@H](N)C(=O)NCc1nc(C(F)(F)F)cs1.Cl. The van der Waals surface area contributed by atoms with Gasteiger partial charge in [-0.3, -0.25) is 4.79 Å². The summed E-state index contributed by atoms with van der Waals surface area (Å²) in [5, 5.41) is 3.49. The molecule has 0 aromatic carbocycles. The molecular weight excluding hydrogens is 279 g/mol. The molecule has 0 saturated heterocycles. The number of alkyl halides is 3. The highest BCUT2D eigenvalue weighted by molar-refractivity contribution is 7.09. The first-order valence-electron chi connectivity index (χ1n) is 4.35. The number of amides is 1. The first-order valence-corrected chi connectivity index (χ1v) is 5.23. The highest BCUT2D eigenvalue weighted by Crippen LogP contribution is 2.29. The van der Waals surface area contributed by atoms with E-state index in [2.05, 4.69) is 10.3 Å². The van der Waals surface area contributed by atoms with Gasteiger partial charge in [-0.2, -0.15) is 13.2 Å². The van der Waals surface area contributed by atoms with E-state index in [0.717, 1.165) is 16.7 Å². The average molecular weight is 290 g/mol. The van der Waals surface area contributed by atoms with Crippen LogP contribution >= 0.6 is 23.7 Å². The molecule has 0 bridgehead atoms. The molecule has 98 valence electrons. The molecule has 17 heavy (non-hydrogen) atoms. The van der Waals surface area contributed by atoms with Crippen molar-refractivity contribution in [2.24, 2.45) is 5.73 Å². The molecule has 3 N–H and O–H groups in total. The second-order valence-electron chi connectivity index (χ2n) is 3.13. The maximum absolute atomic E-state index is 12.2. The molecule has 0 saturated carbocycles. The van der Waals surface area contributed by atoms with E-state index in [4.69, 9.17) is 5.73 Å². The van der Waals surface area contributed by atoms with Crippen LogP contribution in [0.25, 0.3) is 0 Å². The van der Waals surface area contributed by atoms with Gasteiger partial charge < -0.3 is 11.1 Å². The molecule has 4 nitrogen and oxygen atoms in total. The van der Waals surface area contributed by atoms with Crippen molar-refractivity contribution in [1.82, 2.24) is 10.3 Å². The Balaban J connectivity index is 0.00000256. The van der Waals surface area contributed by atoms with Crippen LogP contribution in [-0.2, 0) is 17.5 Å². The molecule has 9 heteroatoms. The van der Waals surface area contributed by atoms with Crippen molar-refractivity contribution >= 4 is 29.7 Å². The van der Waals surface area contributed by atoms with Crippen LogP contribution in [0, 0.1) is 0 Å². The normalized spacial score (nSPS) is 12.8. The van der Waals surface area contributed by atoms with Crippen LogP contribution in [0.4, 0.5) is 13.2 Å². The number of nitrogens with one attached hydrogen (secondary N) is 1. The van der Waals surface area contributed by atoms with Gasteiger partial charge in [-0.15, -0.1) is 23.7 Å². The van der Waals surface area contributed by atoms with Crippen LogP contribution in [0.2, 0.25) is 0 Å². The Hall–Kier alpha value is -0.860. The van der Waals surface area contributed by atoms with E-state index >= 15 is 0 Å². The lowest BCUT2D eigenvalue weighted by Gasteiger charge is -2.05. The fourth-order valence-corrected chi connectivity index (χ4v) is 1.59. The molecule has 1 heterocycles. The van der Waals surface area contributed by atoms with Crippen molar-refractivity contribution < 1.29 is 18.0 Å². The molecule has 0 aliphatic rings. The van der Waals surface area contributed by atoms with Crippen molar-refractivity contribution in [1.29, 1.82) is 0 Å². The number of nitrogens with zero attached hydrogens (tertiary/aromatic N) is 1. The Kier molecular flexibility index (Phi) is 5.86. The van der Waals surface area contributed by atoms with Crippen LogP contribution in [0.3, 0.4) is 0 Å². The number of rotatable bonds is 3. The van der Waals surface area contributed by atoms with Crippen LogP contribution in [0.1, 0.15) is 17.6 Å². The van der Waals surface area contributed by atoms with E-state index in [9.17, 15) is 18.0 Å². The summed E-state index contributed by atoms with van der Waals surface area (Å²) in [6, 6.07) is -0.693. The van der Waals surface area contributed by atoms with Gasteiger partial charge in [0.2, 0.25) is 5.91 Å². The Morgan fingerprint density at radius 2 is 2.24 bits per heavy atom. The van der Waals surface area contributed by atoms with Gasteiger partial charge in [0.1, 0.15) is 5.01 Å². The van der Waals surface area contributed by atoms with Crippen LogP contribution < -0.4 is 11.1 Å². The zero-order valence-electron chi connectivity index (χ0n) is 8.75. The topological polar surface area (TPSA) is 68.0 Å². The van der Waals surface area contributed by atoms with Crippen molar-refractivity contribution in [2.45, 2.75) is 25.7 Å². The highest BCUT2D eigenvalue weighted by Gasteiger charge is 2.33. The van der Waals surface area contributed by atoms with Gasteiger partial charge in [0.05, 0.1) is 12.6 Å². The molecule has 0 radical (unpaired) electrons. The highest BCUT2D eigenvalue weighted by atomic mass is 35.5. The lowest BCUT2D eigenvalue weighted by atomic mass is 10.3. The third-order valence-electron chi connectivity index (χ3n) is 1.67. The standard InChI is InChI=1S/C8H10F3N3OS.ClH/c1-4(12)7(15)13-2-6-14-5(3-16-6)8(9,10)11;/h3-4H,2,12H2,1H3,(H,13,15);1H/t4-;/m0./s1. The van der Waals surface area contributed by atoms with Crippen molar-refractivity contribution in [3.63, 3.8) is 0 Å². The van der Waals surface area contributed by atoms with E-state index in [1.165, 1.54) is 6.92 Å². The number of hydrogen-bond acceptors (Lipinski definition) is 4. The summed E-state index contributed by atoms with van der Waals surface area (Å²) in [6.45, 7) is 1.44. The molecule has 1 aromatic rings. The Morgan fingerprint density at radius 3 is 2.65 bits per heavy atom. The van der Waals surface area contributed by atoms with E-state index in [1.54, 1.807) is 0 Å². The summed E-state index contributed by atoms with van der Waals surface area (Å²) < 4.78 is 36.5. The summed E-state index contributed by atoms with van der Waals surface area (Å²) >= 11 is 0.843. The van der Waals surface area contributed by atoms with Crippen molar-refractivity contribution in [3.8, 4) is 0 Å². The lowest BCUT2D eigenvalue weighted by molar-refractivity contribution is -0.140. The monoisotopic (exact) mass is 289 g/mol. The van der Waals surface area contributed by atoms with Gasteiger partial charge in [0, 0.05) is 5.38 Å². The maximum atomic E-state index is 12.2. The number of halogens is 4. The molecule has 1 atom stereocenters. The number of carbonyl (C=O) groups is 1. The summed E-state index contributed by atoms with van der Waals surface area (Å²) in [7, 11) is 0. The van der Waals surface area contributed by atoms with E-state index < -0.39 is 23.8 Å². The van der Waals surface area contributed by atoms with Gasteiger partial charge in [-0.25, -0.2) is 4.98 Å². The molecule has 0 aliphatic carbocycles. The van der Waals surface area contributed by atoms with E-state index in [0.29, 0.717) is 0 Å². The summed E-state index contributed by atoms with van der Waals surface area (Å²) in [5.41, 5.74) is 4.32. The van der Waals surface area contributed by atoms with Gasteiger partial charge in [-0.05, 0) is 6.92 Å². The van der Waals surface area contributed by atoms with Crippen molar-refractivity contribution in [2.75, 3.05) is 0 Å². The largest absolute Gasteiger partial charge is 0.434 e. The zero-order valence-corrected chi connectivity index (χ0v) is 10.4. The van der Waals surface area contributed by atoms with Crippen LogP contribution in [0.5, 0.6) is 0 Å². The number of carbonyl (C=O) groups excluding carboxylic acids is 1. The van der Waals surface area contributed by atoms with E-state index in [-0.39, 0.29) is 24.0 Å². The minimum Gasteiger partial charge on any atom is -0.348 e. The number of nitrogens with two attached hydrogens (primary N) is 1. The third-order valence-corrected chi connectivity index (χ3v) is 2.52. The fourth-order valence-electron chi connectivity index (χ4n) is 0.846. The smallest absolute Gasteiger partial charge is 0.348 e. The van der Waals surface area contributed by atoms with Crippen molar-refractivity contribution in [3.05, 3.63) is 16.1 Å². The lowest BCUT2D eigenvalue weighted by Crippen LogP contribution is -2.37. The average Bonchev–Trinajstić information content (AvgIpc) is 2.61. The Morgan fingerprint density at radius 1 is 1.65 bits per heavy atom. The summed E-state index contributed by atoms with van der Waals surface area (Å²) in [4.78, 5) is 14.4. The molecule has 0 unspecified atom stereocenters. The van der Waals surface area contributed by atoms with Gasteiger partial charge >= 0.3 is 6.18 Å². The number of hydrogen-bond donors (Lipinski definition) is 2. The van der Waals surface area contributed by atoms with Gasteiger partial charge in [0.25, 0.3) is 0 Å². The summed E-state index contributed by atoms with van der Waals surface area (Å²) in [5.74, 6) is -0.427. The predicted octanol–water partition coefficient (Wildman–Crippen LogP) is 1.55. The molecular formula is C8H11ClF3N3OS. The van der Waals surface area contributed by atoms with Crippen LogP contribution in [0.15, 0.2) is 5.38 Å². The molecule has 0 spiro atoms. The molecule has 1 aromatic heterocycles. The predicted molar refractivity (Wildman–Crippen MR) is 59.9 cm³/mol. The zero-order chi connectivity index (χ0) is 12.3. The number of thiazole rings is 1. The number of aromatic nitrogens is 1. The first kappa shape index (κ1) is 16.1. The second-order valence-corrected chi connectivity index (χ2v) is 4.07. The maximum Gasteiger partial charge on any atom is 0.434 e. The Labute approximate surface area is 106 Å². The minimum absolute atomic E-state index is 0. The fraction of sp³-hybridized carbons (Fsp3) is 0.500. The minimum atomic E-state index is -4.44. The second kappa shape index (κ2) is 6.18. The molecule has 0 fully saturated rings. The third kappa shape index (κ3) is 4.88. The van der Waals surface area contributed by atoms with Gasteiger partial charge in [0.15, 0.2) is 5.69 Å². The molecule has 1 amide bonds. The quantitative estimate of drug-likeness (QED) is 0.887.